The first-order valence-electron chi connectivity index (χ1n) is 11.1. The number of rotatable bonds is 6. The molecule has 3 heterocycles. The Hall–Kier alpha value is -2.60. The minimum Gasteiger partial charge on any atom is -0.481 e. The summed E-state index contributed by atoms with van der Waals surface area (Å²) in [5, 5.41) is 10.6. The van der Waals surface area contributed by atoms with Gasteiger partial charge in [-0.2, -0.15) is 0 Å². The van der Waals surface area contributed by atoms with Crippen molar-refractivity contribution >= 4 is 27.5 Å². The standard InChI is InChI=1S/C25H27NO4S/c1-14(25(27)28)6-5-8-17-15(2)26-24-23(18-7-3-4-9-21(18)31-24)22(17)16-10-11-19-20(12-16)30-13-29-19/h10-12,14H,3-9,13H2,1-2H3,(H,27,28). The molecular weight excluding hydrogens is 410 g/mol. The van der Waals surface area contributed by atoms with Crippen molar-refractivity contribution in [3.05, 3.63) is 39.9 Å². The zero-order valence-electron chi connectivity index (χ0n) is 18.0. The van der Waals surface area contributed by atoms with Gasteiger partial charge in [-0.25, -0.2) is 4.98 Å². The van der Waals surface area contributed by atoms with Gasteiger partial charge in [0.2, 0.25) is 6.79 Å². The number of benzene rings is 1. The van der Waals surface area contributed by atoms with Crippen molar-refractivity contribution in [3.63, 3.8) is 0 Å². The van der Waals surface area contributed by atoms with Crippen molar-refractivity contribution < 1.29 is 19.4 Å². The molecule has 0 bridgehead atoms. The second-order valence-corrected chi connectivity index (χ2v) is 9.72. The number of hydrogen-bond donors (Lipinski definition) is 1. The number of nitrogens with zero attached hydrogens (tertiary/aromatic N) is 1. The number of carboxylic acid groups (broad SMARTS) is 1. The third kappa shape index (κ3) is 3.67. The van der Waals surface area contributed by atoms with Crippen LogP contribution in [-0.2, 0) is 24.1 Å². The van der Waals surface area contributed by atoms with E-state index >= 15 is 0 Å². The Labute approximate surface area is 186 Å². The third-order valence-electron chi connectivity index (χ3n) is 6.56. The molecule has 1 aromatic carbocycles. The largest absolute Gasteiger partial charge is 0.481 e. The van der Waals surface area contributed by atoms with Gasteiger partial charge in [0.25, 0.3) is 0 Å². The lowest BCUT2D eigenvalue weighted by atomic mass is 9.88. The molecule has 5 nitrogen and oxygen atoms in total. The highest BCUT2D eigenvalue weighted by Gasteiger charge is 2.25. The number of ether oxygens (including phenoxy) is 2. The van der Waals surface area contributed by atoms with Crippen LogP contribution in [0.2, 0.25) is 0 Å². The Morgan fingerprint density at radius 3 is 2.87 bits per heavy atom. The smallest absolute Gasteiger partial charge is 0.306 e. The molecule has 162 valence electrons. The summed E-state index contributed by atoms with van der Waals surface area (Å²) in [7, 11) is 0. The Morgan fingerprint density at radius 2 is 2.03 bits per heavy atom. The molecule has 2 aliphatic rings. The van der Waals surface area contributed by atoms with E-state index in [4.69, 9.17) is 14.5 Å². The van der Waals surface area contributed by atoms with Crippen LogP contribution in [0.15, 0.2) is 18.2 Å². The maximum absolute atomic E-state index is 11.3. The van der Waals surface area contributed by atoms with Gasteiger partial charge in [0.05, 0.1) is 5.92 Å². The number of aliphatic carboxylic acids is 1. The van der Waals surface area contributed by atoms with Gasteiger partial charge in [-0.05, 0) is 86.3 Å². The molecule has 0 amide bonds. The number of aromatic nitrogens is 1. The lowest BCUT2D eigenvalue weighted by molar-refractivity contribution is -0.141. The second kappa shape index (κ2) is 8.15. The maximum Gasteiger partial charge on any atom is 0.306 e. The van der Waals surface area contributed by atoms with E-state index in [1.165, 1.54) is 39.8 Å². The molecule has 1 aliphatic carbocycles. The Bertz CT molecular complexity index is 1170. The quantitative estimate of drug-likeness (QED) is 0.518. The predicted octanol–water partition coefficient (Wildman–Crippen LogP) is 5.92. The van der Waals surface area contributed by atoms with Crippen molar-refractivity contribution in [1.29, 1.82) is 0 Å². The number of pyridine rings is 1. The Morgan fingerprint density at radius 1 is 1.23 bits per heavy atom. The molecular formula is C25H27NO4S. The zero-order valence-corrected chi connectivity index (χ0v) is 18.8. The highest BCUT2D eigenvalue weighted by Crippen LogP contribution is 2.45. The number of hydrogen-bond acceptors (Lipinski definition) is 5. The van der Waals surface area contributed by atoms with Crippen LogP contribution in [0.25, 0.3) is 21.3 Å². The summed E-state index contributed by atoms with van der Waals surface area (Å²) in [6, 6.07) is 6.21. The van der Waals surface area contributed by atoms with Crippen LogP contribution in [0.5, 0.6) is 11.5 Å². The number of aryl methyl sites for hydroxylation is 3. The van der Waals surface area contributed by atoms with Gasteiger partial charge in [-0.1, -0.05) is 13.0 Å². The number of fused-ring (bicyclic) bond motifs is 4. The SMILES string of the molecule is Cc1nc2sc3c(c2c(-c2ccc4c(c2)OCO4)c1CCCC(C)C(=O)O)CCCC3. The average Bonchev–Trinajstić information content (AvgIpc) is 3.37. The van der Waals surface area contributed by atoms with E-state index in [1.807, 2.05) is 17.4 Å². The van der Waals surface area contributed by atoms with E-state index in [0.29, 0.717) is 6.42 Å². The van der Waals surface area contributed by atoms with Crippen LogP contribution in [0.3, 0.4) is 0 Å². The number of thiophene rings is 1. The summed E-state index contributed by atoms with van der Waals surface area (Å²) in [6.07, 6.45) is 7.02. The second-order valence-electron chi connectivity index (χ2n) is 8.64. The molecule has 0 radical (unpaired) electrons. The molecule has 0 saturated heterocycles. The number of carbonyl (C=O) groups is 1. The fraction of sp³-hybridized carbons (Fsp3) is 0.440. The topological polar surface area (TPSA) is 68.7 Å². The molecule has 2 aromatic heterocycles. The molecule has 1 unspecified atom stereocenters. The van der Waals surface area contributed by atoms with E-state index in [1.54, 1.807) is 6.92 Å². The van der Waals surface area contributed by atoms with Crippen LogP contribution in [0.4, 0.5) is 0 Å². The molecule has 5 rings (SSSR count). The number of carboxylic acids is 1. The summed E-state index contributed by atoms with van der Waals surface area (Å²) in [5.74, 6) is 0.512. The average molecular weight is 438 g/mol. The zero-order chi connectivity index (χ0) is 21.5. The van der Waals surface area contributed by atoms with Gasteiger partial charge in [0, 0.05) is 16.0 Å². The first-order chi connectivity index (χ1) is 15.0. The molecule has 6 heteroatoms. The van der Waals surface area contributed by atoms with Gasteiger partial charge < -0.3 is 14.6 Å². The lowest BCUT2D eigenvalue weighted by Crippen LogP contribution is -2.10. The summed E-state index contributed by atoms with van der Waals surface area (Å²) in [6.45, 7) is 4.13. The van der Waals surface area contributed by atoms with Gasteiger partial charge in [0.1, 0.15) is 4.83 Å². The summed E-state index contributed by atoms with van der Waals surface area (Å²) in [4.78, 5) is 18.9. The molecule has 31 heavy (non-hydrogen) atoms. The van der Waals surface area contributed by atoms with E-state index < -0.39 is 5.97 Å². The third-order valence-corrected chi connectivity index (χ3v) is 7.74. The maximum atomic E-state index is 11.3. The van der Waals surface area contributed by atoms with Crippen molar-refractivity contribution in [1.82, 2.24) is 4.98 Å². The van der Waals surface area contributed by atoms with Crippen molar-refractivity contribution in [2.24, 2.45) is 5.92 Å². The fourth-order valence-electron chi connectivity index (χ4n) is 4.82. The highest BCUT2D eigenvalue weighted by molar-refractivity contribution is 7.19. The Kier molecular flexibility index (Phi) is 5.34. The summed E-state index contributed by atoms with van der Waals surface area (Å²) >= 11 is 1.84. The molecule has 1 aliphatic heterocycles. The van der Waals surface area contributed by atoms with Crippen LogP contribution in [0, 0.1) is 12.8 Å². The van der Waals surface area contributed by atoms with E-state index in [-0.39, 0.29) is 12.7 Å². The Balaban J connectivity index is 1.65. The van der Waals surface area contributed by atoms with Crippen LogP contribution >= 0.6 is 11.3 Å². The normalized spacial score (nSPS) is 15.8. The van der Waals surface area contributed by atoms with Gasteiger partial charge in [-0.15, -0.1) is 11.3 Å². The minimum absolute atomic E-state index is 0.261. The molecule has 3 aromatic rings. The molecule has 0 fully saturated rings. The monoisotopic (exact) mass is 437 g/mol. The molecule has 0 saturated carbocycles. The van der Waals surface area contributed by atoms with Crippen molar-refractivity contribution in [2.45, 2.75) is 58.8 Å². The fourth-order valence-corrected chi connectivity index (χ4v) is 6.14. The first-order valence-corrected chi connectivity index (χ1v) is 11.9. The molecule has 1 N–H and O–H groups in total. The van der Waals surface area contributed by atoms with Gasteiger partial charge in [-0.3, -0.25) is 4.79 Å². The van der Waals surface area contributed by atoms with Crippen molar-refractivity contribution in [2.75, 3.05) is 6.79 Å². The van der Waals surface area contributed by atoms with Crippen molar-refractivity contribution in [3.8, 4) is 22.6 Å². The van der Waals surface area contributed by atoms with Crippen LogP contribution < -0.4 is 9.47 Å². The minimum atomic E-state index is -0.729. The van der Waals surface area contributed by atoms with E-state index in [9.17, 15) is 9.90 Å². The van der Waals surface area contributed by atoms with Crippen LogP contribution in [0.1, 0.15) is 54.3 Å². The highest BCUT2D eigenvalue weighted by atomic mass is 32.1. The molecule has 0 spiro atoms. The van der Waals surface area contributed by atoms with Gasteiger partial charge in [0.15, 0.2) is 11.5 Å². The van der Waals surface area contributed by atoms with E-state index in [2.05, 4.69) is 19.1 Å². The van der Waals surface area contributed by atoms with E-state index in [0.717, 1.165) is 53.3 Å². The van der Waals surface area contributed by atoms with Gasteiger partial charge >= 0.3 is 5.97 Å². The lowest BCUT2D eigenvalue weighted by Gasteiger charge is -2.18. The first kappa shape index (κ1) is 20.3. The molecule has 1 atom stereocenters. The summed E-state index contributed by atoms with van der Waals surface area (Å²) < 4.78 is 11.2. The summed E-state index contributed by atoms with van der Waals surface area (Å²) in [5.41, 5.74) is 6.12. The predicted molar refractivity (Wildman–Crippen MR) is 122 cm³/mol. The van der Waals surface area contributed by atoms with Crippen LogP contribution in [-0.4, -0.2) is 22.9 Å².